The summed E-state index contributed by atoms with van der Waals surface area (Å²) >= 11 is 0. The van der Waals surface area contributed by atoms with Crippen LogP contribution in [0.15, 0.2) is 53.1 Å². The summed E-state index contributed by atoms with van der Waals surface area (Å²) in [4.78, 5) is 4.34. The molecule has 0 saturated heterocycles. The van der Waals surface area contributed by atoms with Crippen LogP contribution in [0.2, 0.25) is 0 Å². The normalized spacial score (nSPS) is 12.3. The lowest BCUT2D eigenvalue weighted by molar-refractivity contribution is 0.390. The summed E-state index contributed by atoms with van der Waals surface area (Å²) in [7, 11) is -1.07. The third-order valence-corrected chi connectivity index (χ3v) is 4.73. The molecule has 23 heavy (non-hydrogen) atoms. The molecule has 3 aromatic rings. The number of benzene rings is 2. The summed E-state index contributed by atoms with van der Waals surface area (Å²) in [5, 5.41) is 3.97. The molecule has 118 valence electrons. The Morgan fingerprint density at radius 1 is 0.913 bits per heavy atom. The summed E-state index contributed by atoms with van der Waals surface area (Å²) in [6.07, 6.45) is 0. The zero-order chi connectivity index (χ0) is 16.2. The van der Waals surface area contributed by atoms with Gasteiger partial charge in [0.05, 0.1) is 0 Å². The predicted molar refractivity (Wildman–Crippen MR) is 91.2 cm³/mol. The lowest BCUT2D eigenvalue weighted by Crippen LogP contribution is -2.00. The highest BCUT2D eigenvalue weighted by atomic mass is 32.2. The van der Waals surface area contributed by atoms with E-state index in [0.29, 0.717) is 17.5 Å². The molecule has 0 bridgehead atoms. The van der Waals surface area contributed by atoms with Crippen LogP contribution in [-0.2, 0) is 22.3 Å². The molecule has 0 saturated carbocycles. The van der Waals surface area contributed by atoms with Gasteiger partial charge in [0, 0.05) is 22.1 Å². The van der Waals surface area contributed by atoms with Crippen LogP contribution in [0.3, 0.4) is 0 Å². The predicted octanol–water partition coefficient (Wildman–Crippen LogP) is 3.80. The topological polar surface area (TPSA) is 56.0 Å². The molecule has 2 aromatic carbocycles. The van der Waals surface area contributed by atoms with E-state index < -0.39 is 10.8 Å². The fourth-order valence-electron chi connectivity index (χ4n) is 2.19. The zero-order valence-corrected chi connectivity index (χ0v) is 14.0. The Hall–Kier alpha value is -2.27. The fourth-order valence-corrected chi connectivity index (χ4v) is 3.25. The van der Waals surface area contributed by atoms with Crippen LogP contribution < -0.4 is 0 Å². The first-order valence-electron chi connectivity index (χ1n) is 7.40. The van der Waals surface area contributed by atoms with Crippen LogP contribution in [0.1, 0.15) is 22.6 Å². The number of rotatable bonds is 5. The second-order valence-corrected chi connectivity index (χ2v) is 7.05. The third-order valence-electron chi connectivity index (χ3n) is 3.51. The molecule has 1 aromatic heterocycles. The van der Waals surface area contributed by atoms with Gasteiger partial charge in [-0.2, -0.15) is 4.98 Å². The minimum atomic E-state index is -1.07. The van der Waals surface area contributed by atoms with Crippen molar-refractivity contribution in [2.45, 2.75) is 25.4 Å². The van der Waals surface area contributed by atoms with Gasteiger partial charge in [0.25, 0.3) is 0 Å². The smallest absolute Gasteiger partial charge is 0.239 e. The minimum absolute atomic E-state index is 0.271. The molecule has 0 aliphatic carbocycles. The van der Waals surface area contributed by atoms with E-state index in [1.807, 2.05) is 62.4 Å². The maximum absolute atomic E-state index is 12.2. The molecule has 5 heteroatoms. The number of aromatic nitrogens is 2. The van der Waals surface area contributed by atoms with Crippen molar-refractivity contribution in [2.75, 3.05) is 0 Å². The Morgan fingerprint density at radius 3 is 2.17 bits per heavy atom. The van der Waals surface area contributed by atoms with E-state index in [0.717, 1.165) is 11.1 Å². The molecule has 1 atom stereocenters. The van der Waals surface area contributed by atoms with Crippen LogP contribution >= 0.6 is 0 Å². The van der Waals surface area contributed by atoms with E-state index in [1.165, 1.54) is 11.1 Å². The minimum Gasteiger partial charge on any atom is -0.338 e. The molecule has 3 rings (SSSR count). The molecule has 0 aliphatic heterocycles. The quantitative estimate of drug-likeness (QED) is 0.715. The lowest BCUT2D eigenvalue weighted by atomic mass is 10.1. The maximum atomic E-state index is 12.2. The van der Waals surface area contributed by atoms with Gasteiger partial charge < -0.3 is 4.52 Å². The Morgan fingerprint density at radius 2 is 1.52 bits per heavy atom. The van der Waals surface area contributed by atoms with Crippen molar-refractivity contribution in [1.82, 2.24) is 10.1 Å². The Balaban J connectivity index is 1.65. The molecule has 0 amide bonds. The summed E-state index contributed by atoms with van der Waals surface area (Å²) in [6, 6.07) is 15.9. The van der Waals surface area contributed by atoms with E-state index in [-0.39, 0.29) is 5.75 Å². The van der Waals surface area contributed by atoms with Gasteiger partial charge in [-0.15, -0.1) is 0 Å². The standard InChI is InChI=1S/C18H18N2O2S/c1-13-3-7-15(8-4-13)11-23(21)12-17-19-18(20-22-17)16-9-5-14(2)6-10-16/h3-10H,11-12H2,1-2H3. The van der Waals surface area contributed by atoms with Gasteiger partial charge in [-0.1, -0.05) is 64.8 Å². The SMILES string of the molecule is Cc1ccc(CS(=O)Cc2nc(-c3ccc(C)cc3)no2)cc1. The summed E-state index contributed by atoms with van der Waals surface area (Å²) in [5.74, 6) is 1.70. The Kier molecular flexibility index (Phi) is 4.67. The highest BCUT2D eigenvalue weighted by molar-refractivity contribution is 7.83. The van der Waals surface area contributed by atoms with Gasteiger partial charge in [-0.05, 0) is 19.4 Å². The molecule has 1 heterocycles. The molecule has 0 fully saturated rings. The van der Waals surface area contributed by atoms with Crippen molar-refractivity contribution in [1.29, 1.82) is 0 Å². The van der Waals surface area contributed by atoms with Crippen molar-refractivity contribution < 1.29 is 8.73 Å². The van der Waals surface area contributed by atoms with E-state index in [4.69, 9.17) is 4.52 Å². The highest BCUT2D eigenvalue weighted by Crippen LogP contribution is 2.17. The summed E-state index contributed by atoms with van der Waals surface area (Å²) in [6.45, 7) is 4.06. The van der Waals surface area contributed by atoms with Gasteiger partial charge in [-0.25, -0.2) is 0 Å². The number of hydrogen-bond donors (Lipinski definition) is 0. The molecule has 0 N–H and O–H groups in total. The van der Waals surface area contributed by atoms with Gasteiger partial charge in [-0.3, -0.25) is 4.21 Å². The third kappa shape index (κ3) is 4.13. The van der Waals surface area contributed by atoms with E-state index in [2.05, 4.69) is 10.1 Å². The van der Waals surface area contributed by atoms with Crippen LogP contribution in [0.4, 0.5) is 0 Å². The van der Waals surface area contributed by atoms with Crippen molar-refractivity contribution in [3.05, 3.63) is 71.1 Å². The molecule has 0 radical (unpaired) electrons. The van der Waals surface area contributed by atoms with Crippen molar-refractivity contribution in [3.63, 3.8) is 0 Å². The first kappa shape index (κ1) is 15.6. The lowest BCUT2D eigenvalue weighted by Gasteiger charge is -2.00. The second kappa shape index (κ2) is 6.87. The summed E-state index contributed by atoms with van der Waals surface area (Å²) in [5.41, 5.74) is 4.32. The number of hydrogen-bond acceptors (Lipinski definition) is 4. The molecular weight excluding hydrogens is 308 g/mol. The van der Waals surface area contributed by atoms with Gasteiger partial charge in [0.15, 0.2) is 0 Å². The molecule has 4 nitrogen and oxygen atoms in total. The van der Waals surface area contributed by atoms with Crippen molar-refractivity contribution in [3.8, 4) is 11.4 Å². The van der Waals surface area contributed by atoms with Gasteiger partial charge >= 0.3 is 0 Å². The Labute approximate surface area is 138 Å². The average molecular weight is 326 g/mol. The largest absolute Gasteiger partial charge is 0.338 e. The second-order valence-electron chi connectivity index (χ2n) is 5.59. The van der Waals surface area contributed by atoms with E-state index in [9.17, 15) is 4.21 Å². The Bertz CT molecular complexity index is 808. The maximum Gasteiger partial charge on any atom is 0.239 e. The van der Waals surface area contributed by atoms with Crippen molar-refractivity contribution >= 4 is 10.8 Å². The van der Waals surface area contributed by atoms with Gasteiger partial charge in [0.1, 0.15) is 5.75 Å². The average Bonchev–Trinajstić information content (AvgIpc) is 2.98. The number of nitrogens with zero attached hydrogens (tertiary/aromatic N) is 2. The summed E-state index contributed by atoms with van der Waals surface area (Å²) < 4.78 is 17.5. The number of aryl methyl sites for hydroxylation is 2. The van der Waals surface area contributed by atoms with Crippen LogP contribution in [0.25, 0.3) is 11.4 Å². The zero-order valence-electron chi connectivity index (χ0n) is 13.2. The highest BCUT2D eigenvalue weighted by Gasteiger charge is 2.12. The molecule has 0 aliphatic rings. The van der Waals surface area contributed by atoms with Gasteiger partial charge in [0.2, 0.25) is 11.7 Å². The monoisotopic (exact) mass is 326 g/mol. The van der Waals surface area contributed by atoms with Crippen molar-refractivity contribution in [2.24, 2.45) is 0 Å². The van der Waals surface area contributed by atoms with Crippen LogP contribution in [0, 0.1) is 13.8 Å². The van der Waals surface area contributed by atoms with E-state index in [1.54, 1.807) is 0 Å². The van der Waals surface area contributed by atoms with Crippen LogP contribution in [0.5, 0.6) is 0 Å². The first-order chi connectivity index (χ1) is 11.1. The first-order valence-corrected chi connectivity index (χ1v) is 8.89. The van der Waals surface area contributed by atoms with Crippen LogP contribution in [-0.4, -0.2) is 14.3 Å². The molecular formula is C18H18N2O2S. The molecule has 0 spiro atoms. The van der Waals surface area contributed by atoms with E-state index >= 15 is 0 Å². The molecule has 1 unspecified atom stereocenters. The fraction of sp³-hybridized carbons (Fsp3) is 0.222.